The predicted octanol–water partition coefficient (Wildman–Crippen LogP) is 6.22. The Labute approximate surface area is 222 Å². The van der Waals surface area contributed by atoms with E-state index in [9.17, 15) is 23.1 Å². The van der Waals surface area contributed by atoms with Gasteiger partial charge in [-0.3, -0.25) is 0 Å². The van der Waals surface area contributed by atoms with Gasteiger partial charge in [-0.25, -0.2) is 19.7 Å². The maximum atomic E-state index is 13.1. The largest absolute Gasteiger partial charge is 0.475 e. The number of carboxylic acids is 1. The van der Waals surface area contributed by atoms with Gasteiger partial charge in [0.2, 0.25) is 5.82 Å². The topological polar surface area (TPSA) is 92.9 Å². The molecule has 0 saturated heterocycles. The number of aromatic nitrogens is 4. The van der Waals surface area contributed by atoms with E-state index in [-0.39, 0.29) is 18.0 Å². The first-order chi connectivity index (χ1) is 18.7. The predicted molar refractivity (Wildman–Crippen MR) is 142 cm³/mol. The smallest absolute Gasteiger partial charge is 0.416 e. The Kier molecular flexibility index (Phi) is 7.02. The lowest BCUT2D eigenvalue weighted by Gasteiger charge is -2.14. The molecule has 7 nitrogen and oxygen atoms in total. The van der Waals surface area contributed by atoms with Crippen LogP contribution in [0.5, 0.6) is 0 Å². The van der Waals surface area contributed by atoms with Crippen LogP contribution in [0.3, 0.4) is 0 Å². The summed E-state index contributed by atoms with van der Waals surface area (Å²) in [6.07, 6.45) is -3.78. The molecule has 2 heterocycles. The number of aryl methyl sites for hydroxylation is 1. The number of carboxylic acid groups (broad SMARTS) is 1. The molecular weight excluding hydrogens is 507 g/mol. The molecule has 39 heavy (non-hydrogen) atoms. The highest BCUT2D eigenvalue weighted by Crippen LogP contribution is 2.32. The summed E-state index contributed by atoms with van der Waals surface area (Å²) in [5.74, 6) is -0.916. The maximum absolute atomic E-state index is 13.1. The van der Waals surface area contributed by atoms with Crippen molar-refractivity contribution in [3.8, 4) is 11.4 Å². The summed E-state index contributed by atoms with van der Waals surface area (Å²) in [5, 5.41) is 12.9. The van der Waals surface area contributed by atoms with E-state index in [1.165, 1.54) is 12.1 Å². The standard InChI is InChI=1S/C29H24F3N5O2/c1-18-6-5-9-21(16-18)27-36-25-23(37(27)17-20-10-12-22(13-11-20)29(30,31)32)24(34-26(35-25)28(38)39)33-15-14-19-7-3-2-4-8-19/h2-13,16H,14-15,17H2,1H3,(H,38,39)(H,33,34,35). The molecule has 5 aromatic rings. The summed E-state index contributed by atoms with van der Waals surface area (Å²) >= 11 is 0. The monoisotopic (exact) mass is 531 g/mol. The lowest BCUT2D eigenvalue weighted by atomic mass is 10.1. The minimum Gasteiger partial charge on any atom is -0.475 e. The number of hydrogen-bond acceptors (Lipinski definition) is 5. The highest BCUT2D eigenvalue weighted by molar-refractivity contribution is 5.92. The van der Waals surface area contributed by atoms with Crippen molar-refractivity contribution in [3.63, 3.8) is 0 Å². The van der Waals surface area contributed by atoms with Crippen LogP contribution in [0.15, 0.2) is 78.9 Å². The Morgan fingerprint density at radius 1 is 0.923 bits per heavy atom. The van der Waals surface area contributed by atoms with Gasteiger partial charge in [0.1, 0.15) is 11.3 Å². The molecule has 10 heteroatoms. The summed E-state index contributed by atoms with van der Waals surface area (Å²) in [4.78, 5) is 25.0. The second-order valence-electron chi connectivity index (χ2n) is 9.12. The first-order valence-corrected chi connectivity index (χ1v) is 12.2. The molecule has 0 fully saturated rings. The van der Waals surface area contributed by atoms with Gasteiger partial charge in [-0.15, -0.1) is 0 Å². The summed E-state index contributed by atoms with van der Waals surface area (Å²) in [7, 11) is 0. The van der Waals surface area contributed by atoms with Gasteiger partial charge in [-0.2, -0.15) is 13.2 Å². The average Bonchev–Trinajstić information content (AvgIpc) is 3.27. The van der Waals surface area contributed by atoms with Gasteiger partial charge < -0.3 is 15.0 Å². The molecular formula is C29H24F3N5O2. The zero-order valence-electron chi connectivity index (χ0n) is 20.9. The zero-order chi connectivity index (χ0) is 27.6. The van der Waals surface area contributed by atoms with Gasteiger partial charge in [0.05, 0.1) is 5.56 Å². The second kappa shape index (κ2) is 10.6. The molecule has 0 spiro atoms. The van der Waals surface area contributed by atoms with E-state index in [1.807, 2.05) is 66.1 Å². The van der Waals surface area contributed by atoms with E-state index in [0.717, 1.165) is 28.8 Å². The summed E-state index contributed by atoms with van der Waals surface area (Å²) in [6.45, 7) is 2.56. The molecule has 0 atom stereocenters. The minimum absolute atomic E-state index is 0.168. The number of nitrogens with one attached hydrogen (secondary N) is 1. The second-order valence-corrected chi connectivity index (χ2v) is 9.12. The van der Waals surface area contributed by atoms with Crippen LogP contribution in [0.4, 0.5) is 19.0 Å². The molecule has 0 unspecified atom stereocenters. The molecule has 0 radical (unpaired) electrons. The summed E-state index contributed by atoms with van der Waals surface area (Å²) < 4.78 is 41.2. The van der Waals surface area contributed by atoms with E-state index < -0.39 is 23.5 Å². The number of carbonyl (C=O) groups is 1. The van der Waals surface area contributed by atoms with Crippen LogP contribution in [0.1, 0.15) is 32.9 Å². The van der Waals surface area contributed by atoms with Crippen molar-refractivity contribution >= 4 is 23.0 Å². The number of anilines is 1. The van der Waals surface area contributed by atoms with Crippen molar-refractivity contribution in [2.75, 3.05) is 11.9 Å². The van der Waals surface area contributed by atoms with Crippen LogP contribution in [0.25, 0.3) is 22.6 Å². The van der Waals surface area contributed by atoms with Crippen LogP contribution in [0.2, 0.25) is 0 Å². The van der Waals surface area contributed by atoms with E-state index in [0.29, 0.717) is 29.9 Å². The maximum Gasteiger partial charge on any atom is 0.416 e. The number of fused-ring (bicyclic) bond motifs is 1. The van der Waals surface area contributed by atoms with Crippen molar-refractivity contribution in [1.82, 2.24) is 19.5 Å². The normalized spacial score (nSPS) is 11.6. The molecule has 2 N–H and O–H groups in total. The minimum atomic E-state index is -4.44. The number of benzene rings is 3. The summed E-state index contributed by atoms with van der Waals surface area (Å²) in [6, 6.07) is 22.3. The Bertz CT molecular complexity index is 1630. The van der Waals surface area contributed by atoms with Crippen molar-refractivity contribution in [2.45, 2.75) is 26.1 Å². The molecule has 3 aromatic carbocycles. The Hall–Kier alpha value is -4.73. The Balaban J connectivity index is 1.62. The Morgan fingerprint density at radius 3 is 2.33 bits per heavy atom. The number of imidazole rings is 1. The van der Waals surface area contributed by atoms with E-state index in [4.69, 9.17) is 0 Å². The highest BCUT2D eigenvalue weighted by Gasteiger charge is 2.30. The van der Waals surface area contributed by atoms with E-state index in [1.54, 1.807) is 0 Å². The van der Waals surface area contributed by atoms with Crippen molar-refractivity contribution in [2.24, 2.45) is 0 Å². The van der Waals surface area contributed by atoms with Crippen molar-refractivity contribution in [1.29, 1.82) is 0 Å². The molecule has 0 aliphatic carbocycles. The molecule has 0 aliphatic rings. The van der Waals surface area contributed by atoms with Crippen LogP contribution in [0, 0.1) is 6.92 Å². The third-order valence-electron chi connectivity index (χ3n) is 6.24. The van der Waals surface area contributed by atoms with Crippen LogP contribution in [-0.2, 0) is 19.1 Å². The van der Waals surface area contributed by atoms with Crippen molar-refractivity contribution < 1.29 is 23.1 Å². The number of hydrogen-bond donors (Lipinski definition) is 2. The average molecular weight is 532 g/mol. The van der Waals surface area contributed by atoms with Crippen LogP contribution in [-0.4, -0.2) is 37.1 Å². The van der Waals surface area contributed by atoms with Crippen LogP contribution < -0.4 is 5.32 Å². The lowest BCUT2D eigenvalue weighted by molar-refractivity contribution is -0.137. The number of nitrogens with zero attached hydrogens (tertiary/aromatic N) is 4. The first kappa shape index (κ1) is 25.9. The zero-order valence-corrected chi connectivity index (χ0v) is 20.9. The Morgan fingerprint density at radius 2 is 1.67 bits per heavy atom. The fourth-order valence-electron chi connectivity index (χ4n) is 4.37. The molecule has 0 saturated carbocycles. The molecule has 0 aliphatic heterocycles. The van der Waals surface area contributed by atoms with Gasteiger partial charge in [-0.05, 0) is 42.7 Å². The van der Waals surface area contributed by atoms with Gasteiger partial charge in [0.25, 0.3) is 0 Å². The van der Waals surface area contributed by atoms with Crippen LogP contribution >= 0.6 is 0 Å². The van der Waals surface area contributed by atoms with E-state index in [2.05, 4.69) is 20.3 Å². The molecule has 0 amide bonds. The first-order valence-electron chi connectivity index (χ1n) is 12.2. The highest BCUT2D eigenvalue weighted by atomic mass is 19.4. The van der Waals surface area contributed by atoms with Crippen molar-refractivity contribution in [3.05, 3.63) is 107 Å². The molecule has 5 rings (SSSR count). The van der Waals surface area contributed by atoms with Gasteiger partial charge in [0, 0.05) is 18.7 Å². The SMILES string of the molecule is Cc1cccc(-c2nc3nc(C(=O)O)nc(NCCc4ccccc4)c3n2Cc2ccc(C(F)(F)F)cc2)c1. The number of aromatic carboxylic acids is 1. The molecule has 198 valence electrons. The van der Waals surface area contributed by atoms with E-state index >= 15 is 0 Å². The number of alkyl halides is 3. The lowest BCUT2D eigenvalue weighted by Crippen LogP contribution is -2.13. The fraction of sp³-hybridized carbons (Fsp3) is 0.172. The van der Waals surface area contributed by atoms with Gasteiger partial charge in [-0.1, -0.05) is 66.2 Å². The third kappa shape index (κ3) is 5.74. The summed E-state index contributed by atoms with van der Waals surface area (Å²) in [5.41, 5.74) is 3.34. The van der Waals surface area contributed by atoms with Gasteiger partial charge >= 0.3 is 12.1 Å². The van der Waals surface area contributed by atoms with Gasteiger partial charge in [0.15, 0.2) is 11.5 Å². The quantitative estimate of drug-likeness (QED) is 0.247. The number of rotatable bonds is 8. The number of halogens is 3. The fourth-order valence-corrected chi connectivity index (χ4v) is 4.37. The third-order valence-corrected chi connectivity index (χ3v) is 6.24. The molecule has 0 bridgehead atoms. The molecule has 2 aromatic heterocycles.